The Balaban J connectivity index is 2.27. The van der Waals surface area contributed by atoms with Crippen molar-refractivity contribution in [2.45, 2.75) is 0 Å². The number of carboxylic acids is 1. The molecular weight excluding hydrogens is 309 g/mol. The Hall–Kier alpha value is -2.73. The van der Waals surface area contributed by atoms with Crippen LogP contribution in [0.25, 0.3) is 16.9 Å². The number of rotatable bonds is 3. The molecule has 0 aliphatic rings. The van der Waals surface area contributed by atoms with Gasteiger partial charge in [0.2, 0.25) is 0 Å². The number of aromatic carboxylic acids is 1. The first-order valence-corrected chi connectivity index (χ1v) is 6.65. The molecule has 3 rings (SSSR count). The van der Waals surface area contributed by atoms with E-state index in [0.29, 0.717) is 10.6 Å². The third-order valence-corrected chi connectivity index (χ3v) is 3.32. The molecule has 5 nitrogen and oxygen atoms in total. The minimum Gasteiger partial charge on any atom is -0.476 e. The van der Waals surface area contributed by atoms with Crippen molar-refractivity contribution in [3.8, 4) is 16.9 Å². The van der Waals surface area contributed by atoms with Gasteiger partial charge in [-0.15, -0.1) is 5.10 Å². The Labute approximate surface area is 129 Å². The highest BCUT2D eigenvalue weighted by Crippen LogP contribution is 2.27. The van der Waals surface area contributed by atoms with Gasteiger partial charge in [-0.3, -0.25) is 0 Å². The first kappa shape index (κ1) is 14.2. The van der Waals surface area contributed by atoms with Gasteiger partial charge in [0.15, 0.2) is 5.69 Å². The van der Waals surface area contributed by atoms with Crippen LogP contribution in [0.2, 0.25) is 5.02 Å². The molecule has 0 bridgehead atoms. The zero-order chi connectivity index (χ0) is 15.7. The van der Waals surface area contributed by atoms with Crippen LogP contribution in [0.15, 0.2) is 48.5 Å². The van der Waals surface area contributed by atoms with Gasteiger partial charge in [0.1, 0.15) is 17.2 Å². The number of hydrogen-bond acceptors (Lipinski definition) is 3. The summed E-state index contributed by atoms with van der Waals surface area (Å²) in [5.74, 6) is -1.77. The Morgan fingerprint density at radius 1 is 1.14 bits per heavy atom. The Kier molecular flexibility index (Phi) is 3.60. The normalized spacial score (nSPS) is 10.6. The van der Waals surface area contributed by atoms with E-state index in [2.05, 4.69) is 10.3 Å². The molecule has 0 aliphatic heterocycles. The van der Waals surface area contributed by atoms with Crippen molar-refractivity contribution in [2.24, 2.45) is 0 Å². The van der Waals surface area contributed by atoms with Gasteiger partial charge < -0.3 is 5.11 Å². The fourth-order valence-corrected chi connectivity index (χ4v) is 2.21. The van der Waals surface area contributed by atoms with Crippen molar-refractivity contribution in [3.05, 3.63) is 65.1 Å². The van der Waals surface area contributed by atoms with E-state index in [9.17, 15) is 14.3 Å². The summed E-state index contributed by atoms with van der Waals surface area (Å²) in [6.45, 7) is 0. The lowest BCUT2D eigenvalue weighted by Gasteiger charge is -2.08. The molecule has 22 heavy (non-hydrogen) atoms. The molecule has 0 saturated heterocycles. The maximum atomic E-state index is 14.0. The highest BCUT2D eigenvalue weighted by atomic mass is 35.5. The molecule has 7 heteroatoms. The van der Waals surface area contributed by atoms with E-state index < -0.39 is 11.8 Å². The zero-order valence-corrected chi connectivity index (χ0v) is 11.8. The van der Waals surface area contributed by atoms with Crippen LogP contribution >= 0.6 is 11.6 Å². The summed E-state index contributed by atoms with van der Waals surface area (Å²) >= 11 is 5.84. The molecule has 0 saturated carbocycles. The number of para-hydroxylation sites is 1. The van der Waals surface area contributed by atoms with Crippen molar-refractivity contribution in [1.82, 2.24) is 15.0 Å². The average Bonchev–Trinajstić information content (AvgIpc) is 2.93. The third kappa shape index (κ3) is 2.44. The number of carbonyl (C=O) groups is 1. The lowest BCUT2D eigenvalue weighted by atomic mass is 10.1. The minimum absolute atomic E-state index is 0.118. The summed E-state index contributed by atoms with van der Waals surface area (Å²) in [5.41, 5.74) is 0.572. The number of hydrogen-bond donors (Lipinski definition) is 1. The van der Waals surface area contributed by atoms with Crippen molar-refractivity contribution >= 4 is 17.6 Å². The number of nitrogens with zero attached hydrogens (tertiary/aromatic N) is 3. The van der Waals surface area contributed by atoms with Gasteiger partial charge in [0.05, 0.1) is 0 Å². The summed E-state index contributed by atoms with van der Waals surface area (Å²) in [5, 5.41) is 17.2. The molecule has 1 N–H and O–H groups in total. The van der Waals surface area contributed by atoms with Gasteiger partial charge in [-0.05, 0) is 24.3 Å². The maximum absolute atomic E-state index is 14.0. The Bertz CT molecular complexity index is 846. The maximum Gasteiger partial charge on any atom is 0.358 e. The van der Waals surface area contributed by atoms with Gasteiger partial charge in [0.25, 0.3) is 0 Å². The van der Waals surface area contributed by atoms with Crippen molar-refractivity contribution < 1.29 is 14.3 Å². The largest absolute Gasteiger partial charge is 0.476 e. The van der Waals surface area contributed by atoms with E-state index in [1.165, 1.54) is 22.9 Å². The Morgan fingerprint density at radius 2 is 1.82 bits per heavy atom. The molecule has 0 amide bonds. The lowest BCUT2D eigenvalue weighted by molar-refractivity contribution is 0.0691. The third-order valence-electron chi connectivity index (χ3n) is 3.07. The van der Waals surface area contributed by atoms with Gasteiger partial charge in [-0.1, -0.05) is 41.1 Å². The van der Waals surface area contributed by atoms with Crippen LogP contribution in [0.1, 0.15) is 10.5 Å². The van der Waals surface area contributed by atoms with E-state index in [4.69, 9.17) is 11.6 Å². The van der Waals surface area contributed by atoms with E-state index in [1.807, 2.05) is 0 Å². The van der Waals surface area contributed by atoms with E-state index in [-0.39, 0.29) is 17.1 Å². The zero-order valence-electron chi connectivity index (χ0n) is 11.1. The van der Waals surface area contributed by atoms with Gasteiger partial charge in [-0.2, -0.15) is 0 Å². The SMILES string of the molecule is O=C(O)c1nnn(-c2ccccc2F)c1-c1ccc(Cl)cc1. The summed E-state index contributed by atoms with van der Waals surface area (Å²) in [7, 11) is 0. The van der Waals surface area contributed by atoms with Crippen LogP contribution in [0.5, 0.6) is 0 Å². The molecule has 0 spiro atoms. The smallest absolute Gasteiger partial charge is 0.358 e. The van der Waals surface area contributed by atoms with Crippen molar-refractivity contribution in [1.29, 1.82) is 0 Å². The Morgan fingerprint density at radius 3 is 2.45 bits per heavy atom. The van der Waals surface area contributed by atoms with Crippen LogP contribution in [-0.2, 0) is 0 Å². The highest BCUT2D eigenvalue weighted by Gasteiger charge is 2.22. The second kappa shape index (κ2) is 5.57. The highest BCUT2D eigenvalue weighted by molar-refractivity contribution is 6.30. The summed E-state index contributed by atoms with van der Waals surface area (Å²) in [6.07, 6.45) is 0. The molecule has 3 aromatic rings. The van der Waals surface area contributed by atoms with E-state index in [0.717, 1.165) is 0 Å². The fourth-order valence-electron chi connectivity index (χ4n) is 2.08. The van der Waals surface area contributed by atoms with Crippen LogP contribution in [0.4, 0.5) is 4.39 Å². The summed E-state index contributed by atoms with van der Waals surface area (Å²) in [4.78, 5) is 11.4. The monoisotopic (exact) mass is 317 g/mol. The fraction of sp³-hybridized carbons (Fsp3) is 0. The topological polar surface area (TPSA) is 68.0 Å². The standard InChI is InChI=1S/C15H9ClFN3O2/c16-10-7-5-9(6-8-10)14-13(15(21)22)18-19-20(14)12-4-2-1-3-11(12)17/h1-8H,(H,21,22). The molecule has 1 aromatic heterocycles. The quantitative estimate of drug-likeness (QED) is 0.803. The molecule has 2 aromatic carbocycles. The molecule has 110 valence electrons. The first-order chi connectivity index (χ1) is 10.6. The molecule has 1 heterocycles. The first-order valence-electron chi connectivity index (χ1n) is 6.28. The molecule has 0 unspecified atom stereocenters. The summed E-state index contributed by atoms with van der Waals surface area (Å²) < 4.78 is 15.2. The lowest BCUT2D eigenvalue weighted by Crippen LogP contribution is -2.04. The predicted molar refractivity (Wildman–Crippen MR) is 78.7 cm³/mol. The molecule has 0 aliphatic carbocycles. The number of carboxylic acid groups (broad SMARTS) is 1. The average molecular weight is 318 g/mol. The molecule has 0 atom stereocenters. The molecule has 0 fully saturated rings. The number of benzene rings is 2. The van der Waals surface area contributed by atoms with Crippen LogP contribution < -0.4 is 0 Å². The second-order valence-electron chi connectivity index (χ2n) is 4.46. The van der Waals surface area contributed by atoms with Crippen molar-refractivity contribution in [3.63, 3.8) is 0 Å². The molecular formula is C15H9ClFN3O2. The van der Waals surface area contributed by atoms with Gasteiger partial charge in [-0.25, -0.2) is 13.9 Å². The van der Waals surface area contributed by atoms with E-state index in [1.54, 1.807) is 30.3 Å². The summed E-state index contributed by atoms with van der Waals surface area (Å²) in [6, 6.07) is 12.4. The predicted octanol–water partition coefficient (Wildman–Crippen LogP) is 3.43. The second-order valence-corrected chi connectivity index (χ2v) is 4.90. The van der Waals surface area contributed by atoms with Crippen molar-refractivity contribution in [2.75, 3.05) is 0 Å². The number of halogens is 2. The van der Waals surface area contributed by atoms with Crippen LogP contribution in [0.3, 0.4) is 0 Å². The van der Waals surface area contributed by atoms with Crippen LogP contribution in [-0.4, -0.2) is 26.1 Å². The van der Waals surface area contributed by atoms with Crippen LogP contribution in [0, 0.1) is 5.82 Å². The van der Waals surface area contributed by atoms with Gasteiger partial charge >= 0.3 is 5.97 Å². The van der Waals surface area contributed by atoms with Gasteiger partial charge in [0, 0.05) is 10.6 Å². The number of aromatic nitrogens is 3. The molecule has 0 radical (unpaired) electrons. The van der Waals surface area contributed by atoms with E-state index >= 15 is 0 Å². The minimum atomic E-state index is -1.24.